The first-order valence-electron chi connectivity index (χ1n) is 4.88. The van der Waals surface area contributed by atoms with Gasteiger partial charge in [-0.2, -0.15) is 0 Å². The Hall–Kier alpha value is -0.300. The monoisotopic (exact) mass is 168 g/mol. The molecule has 1 rings (SSSR count). The predicted molar refractivity (Wildman–Crippen MR) is 52.1 cm³/mol. The zero-order valence-electron chi connectivity index (χ0n) is 8.63. The lowest BCUT2D eigenvalue weighted by Gasteiger charge is -2.19. The highest BCUT2D eigenvalue weighted by Gasteiger charge is 2.18. The molecular weight excluding hydrogens is 148 g/mol. The summed E-state index contributed by atoms with van der Waals surface area (Å²) in [5, 5.41) is 0. The fourth-order valence-corrected chi connectivity index (χ4v) is 1.68. The summed E-state index contributed by atoms with van der Waals surface area (Å²) >= 11 is 0. The van der Waals surface area contributed by atoms with Crippen LogP contribution >= 0.6 is 0 Å². The second-order valence-corrected chi connectivity index (χ2v) is 4.31. The maximum Gasteiger partial charge on any atom is 0.0635 e. The maximum atomic E-state index is 5.79. The Kier molecular flexibility index (Phi) is 3.33. The van der Waals surface area contributed by atoms with Crippen LogP contribution in [0.15, 0.2) is 11.6 Å². The van der Waals surface area contributed by atoms with Crippen molar-refractivity contribution in [3.05, 3.63) is 11.6 Å². The van der Waals surface area contributed by atoms with E-state index in [1.807, 2.05) is 0 Å². The Morgan fingerprint density at radius 2 is 2.17 bits per heavy atom. The third kappa shape index (κ3) is 2.63. The Bertz CT molecular complexity index is 170. The molecule has 1 heterocycles. The molecule has 2 unspecified atom stereocenters. The highest BCUT2D eigenvalue weighted by atomic mass is 16.5. The summed E-state index contributed by atoms with van der Waals surface area (Å²) < 4.78 is 5.79. The number of hydrogen-bond donors (Lipinski definition) is 0. The van der Waals surface area contributed by atoms with E-state index in [2.05, 4.69) is 33.8 Å². The van der Waals surface area contributed by atoms with Gasteiger partial charge in [-0.25, -0.2) is 0 Å². The van der Waals surface area contributed by atoms with Crippen LogP contribution in [0, 0.1) is 11.8 Å². The van der Waals surface area contributed by atoms with E-state index >= 15 is 0 Å². The van der Waals surface area contributed by atoms with Gasteiger partial charge < -0.3 is 4.74 Å². The minimum atomic E-state index is 0.436. The number of hydrogen-bond acceptors (Lipinski definition) is 1. The van der Waals surface area contributed by atoms with E-state index in [1.165, 1.54) is 5.57 Å². The highest BCUT2D eigenvalue weighted by molar-refractivity contribution is 5.04. The fourth-order valence-electron chi connectivity index (χ4n) is 1.68. The molecule has 0 aromatic rings. The summed E-state index contributed by atoms with van der Waals surface area (Å²) in [6.07, 6.45) is 3.89. The van der Waals surface area contributed by atoms with Crippen LogP contribution in [0.3, 0.4) is 0 Å². The third-order valence-electron chi connectivity index (χ3n) is 2.41. The van der Waals surface area contributed by atoms with Gasteiger partial charge in [0.15, 0.2) is 0 Å². The van der Waals surface area contributed by atoms with E-state index in [4.69, 9.17) is 4.74 Å². The zero-order valence-corrected chi connectivity index (χ0v) is 8.63. The van der Waals surface area contributed by atoms with Crippen LogP contribution < -0.4 is 0 Å². The molecule has 1 heteroatoms. The van der Waals surface area contributed by atoms with Crippen molar-refractivity contribution in [3.63, 3.8) is 0 Å². The average molecular weight is 168 g/mol. The van der Waals surface area contributed by atoms with Gasteiger partial charge in [0.25, 0.3) is 0 Å². The summed E-state index contributed by atoms with van der Waals surface area (Å²) in [6, 6.07) is 0. The largest absolute Gasteiger partial charge is 0.377 e. The lowest BCUT2D eigenvalue weighted by molar-refractivity contribution is 0.0175. The van der Waals surface area contributed by atoms with Crippen molar-refractivity contribution in [2.45, 2.75) is 40.2 Å². The molecule has 0 amide bonds. The van der Waals surface area contributed by atoms with E-state index in [9.17, 15) is 0 Å². The predicted octanol–water partition coefficient (Wildman–Crippen LogP) is 3.01. The molecule has 12 heavy (non-hydrogen) atoms. The first-order valence-corrected chi connectivity index (χ1v) is 4.88. The maximum absolute atomic E-state index is 5.79. The van der Waals surface area contributed by atoms with Crippen LogP contribution in [-0.4, -0.2) is 12.7 Å². The van der Waals surface area contributed by atoms with E-state index < -0.39 is 0 Å². The van der Waals surface area contributed by atoms with E-state index in [0.29, 0.717) is 17.9 Å². The van der Waals surface area contributed by atoms with Crippen molar-refractivity contribution in [2.75, 3.05) is 6.61 Å². The van der Waals surface area contributed by atoms with Gasteiger partial charge in [-0.1, -0.05) is 32.4 Å². The molecule has 0 N–H and O–H groups in total. The molecule has 0 aromatic heterocycles. The quantitative estimate of drug-likeness (QED) is 0.547. The Morgan fingerprint density at radius 3 is 2.75 bits per heavy atom. The summed E-state index contributed by atoms with van der Waals surface area (Å²) in [5.74, 6) is 1.23. The molecule has 0 aromatic carbocycles. The molecule has 2 atom stereocenters. The van der Waals surface area contributed by atoms with Gasteiger partial charge in [0.1, 0.15) is 0 Å². The number of rotatable bonds is 1. The molecule has 1 nitrogen and oxygen atoms in total. The van der Waals surface area contributed by atoms with Gasteiger partial charge in [-0.05, 0) is 25.2 Å². The molecule has 1 aliphatic heterocycles. The first-order chi connectivity index (χ1) is 5.59. The molecule has 0 radical (unpaired) electrons. The van der Waals surface area contributed by atoms with Crippen LogP contribution in [-0.2, 0) is 4.74 Å². The summed E-state index contributed by atoms with van der Waals surface area (Å²) in [4.78, 5) is 0. The molecule has 0 aliphatic carbocycles. The van der Waals surface area contributed by atoms with Gasteiger partial charge in [0, 0.05) is 0 Å². The average Bonchev–Trinajstić information content (AvgIpc) is 2.11. The molecule has 0 fully saturated rings. The van der Waals surface area contributed by atoms with Crippen molar-refractivity contribution < 1.29 is 4.74 Å². The summed E-state index contributed by atoms with van der Waals surface area (Å²) in [7, 11) is 0. The molecule has 0 spiro atoms. The van der Waals surface area contributed by atoms with Gasteiger partial charge in [0.2, 0.25) is 0 Å². The second kappa shape index (κ2) is 4.08. The zero-order chi connectivity index (χ0) is 9.14. The van der Waals surface area contributed by atoms with Crippen molar-refractivity contribution in [3.8, 4) is 0 Å². The molecule has 1 aliphatic rings. The van der Waals surface area contributed by atoms with Gasteiger partial charge in [0.05, 0.1) is 12.7 Å². The SMILES string of the molecule is CC1=CC(C)COC(C(C)C)C1. The highest BCUT2D eigenvalue weighted by Crippen LogP contribution is 2.22. The van der Waals surface area contributed by atoms with Crippen molar-refractivity contribution in [2.24, 2.45) is 11.8 Å². The standard InChI is InChI=1S/C11H20O/c1-8(2)11-6-9(3)5-10(4)7-12-11/h5,8,10-11H,6-7H2,1-4H3. The Labute approximate surface area is 75.8 Å². The van der Waals surface area contributed by atoms with Crippen LogP contribution in [0.1, 0.15) is 34.1 Å². The second-order valence-electron chi connectivity index (χ2n) is 4.31. The summed E-state index contributed by atoms with van der Waals surface area (Å²) in [5.41, 5.74) is 1.48. The molecule has 0 bridgehead atoms. The lowest BCUT2D eigenvalue weighted by Crippen LogP contribution is -2.20. The van der Waals surface area contributed by atoms with E-state index in [0.717, 1.165) is 13.0 Å². The first kappa shape index (κ1) is 9.79. The van der Waals surface area contributed by atoms with Gasteiger partial charge in [-0.15, -0.1) is 0 Å². The van der Waals surface area contributed by atoms with Crippen LogP contribution in [0.25, 0.3) is 0 Å². The number of ether oxygens (including phenoxy) is 1. The minimum absolute atomic E-state index is 0.436. The Morgan fingerprint density at radius 1 is 1.50 bits per heavy atom. The van der Waals surface area contributed by atoms with Gasteiger partial charge in [-0.3, -0.25) is 0 Å². The van der Waals surface area contributed by atoms with Crippen LogP contribution in [0.2, 0.25) is 0 Å². The topological polar surface area (TPSA) is 9.23 Å². The molecule has 0 saturated carbocycles. The van der Waals surface area contributed by atoms with Crippen molar-refractivity contribution >= 4 is 0 Å². The minimum Gasteiger partial charge on any atom is -0.377 e. The smallest absolute Gasteiger partial charge is 0.0635 e. The van der Waals surface area contributed by atoms with E-state index in [-0.39, 0.29) is 0 Å². The third-order valence-corrected chi connectivity index (χ3v) is 2.41. The van der Waals surface area contributed by atoms with Crippen molar-refractivity contribution in [1.29, 1.82) is 0 Å². The van der Waals surface area contributed by atoms with Crippen LogP contribution in [0.4, 0.5) is 0 Å². The molecular formula is C11H20O. The van der Waals surface area contributed by atoms with Crippen molar-refractivity contribution in [1.82, 2.24) is 0 Å². The lowest BCUT2D eigenvalue weighted by atomic mass is 9.99. The molecule has 70 valence electrons. The fraction of sp³-hybridized carbons (Fsp3) is 0.818. The molecule has 0 saturated heterocycles. The van der Waals surface area contributed by atoms with E-state index in [1.54, 1.807) is 0 Å². The summed E-state index contributed by atoms with van der Waals surface area (Å²) in [6.45, 7) is 9.77. The Balaban J connectivity index is 2.58. The van der Waals surface area contributed by atoms with Gasteiger partial charge >= 0.3 is 0 Å². The normalized spacial score (nSPS) is 31.6. The van der Waals surface area contributed by atoms with Crippen LogP contribution in [0.5, 0.6) is 0 Å².